The number of hydrogen-bond acceptors (Lipinski definition) is 6. The highest BCUT2D eigenvalue weighted by Crippen LogP contribution is 2.22. The first kappa shape index (κ1) is 20.8. The molecule has 0 saturated heterocycles. The van der Waals surface area contributed by atoms with Gasteiger partial charge in [-0.3, -0.25) is 14.9 Å². The third kappa shape index (κ3) is 4.65. The van der Waals surface area contributed by atoms with Crippen molar-refractivity contribution in [1.82, 2.24) is 10.2 Å². The van der Waals surface area contributed by atoms with Crippen LogP contribution in [0.1, 0.15) is 20.7 Å². The highest BCUT2D eigenvalue weighted by molar-refractivity contribution is 6.12. The zero-order valence-corrected chi connectivity index (χ0v) is 17.6. The van der Waals surface area contributed by atoms with E-state index in [9.17, 15) is 9.59 Å². The second-order valence-corrected chi connectivity index (χ2v) is 7.17. The topological polar surface area (TPSA) is 100 Å². The lowest BCUT2D eigenvalue weighted by Gasteiger charge is -2.13. The summed E-state index contributed by atoms with van der Waals surface area (Å²) < 4.78 is 5.54. The molecule has 0 fully saturated rings. The predicted octanol–water partition coefficient (Wildman–Crippen LogP) is 4.31. The molecule has 0 saturated carbocycles. The first-order valence-electron chi connectivity index (χ1n) is 9.89. The van der Waals surface area contributed by atoms with Gasteiger partial charge in [-0.15, -0.1) is 5.10 Å². The van der Waals surface area contributed by atoms with Gasteiger partial charge in [-0.05, 0) is 48.5 Å². The number of aromatic nitrogens is 2. The molecule has 0 radical (unpaired) electrons. The molecule has 0 atom stereocenters. The molecule has 8 nitrogen and oxygen atoms in total. The fourth-order valence-corrected chi connectivity index (χ4v) is 3.03. The van der Waals surface area contributed by atoms with Crippen LogP contribution in [-0.2, 0) is 0 Å². The first-order chi connectivity index (χ1) is 15.5. The summed E-state index contributed by atoms with van der Waals surface area (Å²) in [6.07, 6.45) is 0. The van der Waals surface area contributed by atoms with Gasteiger partial charge in [0.2, 0.25) is 5.89 Å². The Morgan fingerprint density at radius 1 is 0.781 bits per heavy atom. The summed E-state index contributed by atoms with van der Waals surface area (Å²) in [5.41, 5.74) is 2.85. The van der Waals surface area contributed by atoms with Crippen molar-refractivity contribution >= 4 is 29.2 Å². The van der Waals surface area contributed by atoms with Crippen molar-refractivity contribution in [3.05, 3.63) is 90.0 Å². The molecule has 8 heteroatoms. The Morgan fingerprint density at radius 3 is 2.19 bits per heavy atom. The van der Waals surface area contributed by atoms with Crippen molar-refractivity contribution in [2.75, 3.05) is 29.6 Å². The number of carbonyl (C=O) groups excluding carboxylic acids is 2. The summed E-state index contributed by atoms with van der Waals surface area (Å²) in [5.74, 6) is -0.504. The number of amides is 2. The molecule has 0 unspecified atom stereocenters. The average Bonchev–Trinajstić information content (AvgIpc) is 3.28. The Kier molecular flexibility index (Phi) is 5.94. The third-order valence-corrected chi connectivity index (χ3v) is 4.73. The summed E-state index contributed by atoms with van der Waals surface area (Å²) in [7, 11) is 3.85. The second kappa shape index (κ2) is 9.13. The molecule has 0 aliphatic rings. The maximum atomic E-state index is 12.8. The van der Waals surface area contributed by atoms with Crippen LogP contribution in [0, 0.1) is 0 Å². The second-order valence-electron chi connectivity index (χ2n) is 7.17. The Labute approximate surface area is 184 Å². The van der Waals surface area contributed by atoms with Gasteiger partial charge < -0.3 is 14.6 Å². The number of para-hydroxylation sites is 1. The monoisotopic (exact) mass is 427 g/mol. The highest BCUT2D eigenvalue weighted by atomic mass is 16.4. The molecule has 4 aromatic rings. The quantitative estimate of drug-likeness (QED) is 0.476. The van der Waals surface area contributed by atoms with Gasteiger partial charge in [0.1, 0.15) is 0 Å². The van der Waals surface area contributed by atoms with Crippen LogP contribution in [0.2, 0.25) is 0 Å². The number of benzene rings is 3. The van der Waals surface area contributed by atoms with Gasteiger partial charge in [0.15, 0.2) is 0 Å². The molecule has 3 aromatic carbocycles. The number of carbonyl (C=O) groups is 2. The molecule has 160 valence electrons. The minimum Gasteiger partial charge on any atom is -0.403 e. The van der Waals surface area contributed by atoms with E-state index in [1.165, 1.54) is 0 Å². The van der Waals surface area contributed by atoms with E-state index in [1.807, 2.05) is 61.5 Å². The lowest BCUT2D eigenvalue weighted by Crippen LogP contribution is -2.18. The summed E-state index contributed by atoms with van der Waals surface area (Å²) in [6, 6.07) is 23.1. The van der Waals surface area contributed by atoms with Crippen molar-refractivity contribution in [2.24, 2.45) is 0 Å². The van der Waals surface area contributed by atoms with Gasteiger partial charge in [0.05, 0.1) is 11.3 Å². The number of nitrogens with zero attached hydrogens (tertiary/aromatic N) is 3. The van der Waals surface area contributed by atoms with Crippen molar-refractivity contribution in [3.8, 4) is 11.5 Å². The van der Waals surface area contributed by atoms with E-state index in [2.05, 4.69) is 20.8 Å². The van der Waals surface area contributed by atoms with Gasteiger partial charge in [0.25, 0.3) is 11.8 Å². The first-order valence-corrected chi connectivity index (χ1v) is 9.89. The van der Waals surface area contributed by atoms with E-state index in [0.717, 1.165) is 11.3 Å². The Bertz CT molecular complexity index is 1230. The van der Waals surface area contributed by atoms with E-state index in [-0.39, 0.29) is 17.5 Å². The summed E-state index contributed by atoms with van der Waals surface area (Å²) in [6.45, 7) is 0. The van der Waals surface area contributed by atoms with Crippen molar-refractivity contribution in [2.45, 2.75) is 0 Å². The van der Waals surface area contributed by atoms with Crippen LogP contribution in [0.25, 0.3) is 11.5 Å². The fourth-order valence-electron chi connectivity index (χ4n) is 3.03. The van der Waals surface area contributed by atoms with Crippen molar-refractivity contribution in [3.63, 3.8) is 0 Å². The molecule has 0 aliphatic heterocycles. The normalized spacial score (nSPS) is 10.4. The van der Waals surface area contributed by atoms with E-state index in [1.54, 1.807) is 36.4 Å². The standard InChI is InChI=1S/C24H21N5O3/c1-29(2)18-14-12-16(13-15-18)21(30)25-20-11-7-6-10-19(20)22(31)26-24-28-27-23(32-24)17-8-4-3-5-9-17/h3-15H,1-2H3,(H,25,30)(H,26,28,31). The molecule has 1 aromatic heterocycles. The number of rotatable bonds is 6. The Balaban J connectivity index is 1.49. The zero-order valence-electron chi connectivity index (χ0n) is 17.6. The Hall–Kier alpha value is -4.46. The molecular formula is C24H21N5O3. The van der Waals surface area contributed by atoms with Gasteiger partial charge in [0, 0.05) is 30.9 Å². The molecule has 0 aliphatic carbocycles. The Morgan fingerprint density at radius 2 is 1.47 bits per heavy atom. The fraction of sp³-hybridized carbons (Fsp3) is 0.0833. The summed E-state index contributed by atoms with van der Waals surface area (Å²) >= 11 is 0. The molecular weight excluding hydrogens is 406 g/mol. The lowest BCUT2D eigenvalue weighted by atomic mass is 10.1. The van der Waals surface area contributed by atoms with Crippen molar-refractivity contribution in [1.29, 1.82) is 0 Å². The molecule has 0 spiro atoms. The van der Waals surface area contributed by atoms with Crippen LogP contribution in [0.15, 0.2) is 83.3 Å². The van der Waals surface area contributed by atoms with Crippen LogP contribution in [0.4, 0.5) is 17.4 Å². The van der Waals surface area contributed by atoms with Crippen LogP contribution < -0.4 is 15.5 Å². The van der Waals surface area contributed by atoms with E-state index in [4.69, 9.17) is 4.42 Å². The molecule has 2 amide bonds. The van der Waals surface area contributed by atoms with E-state index < -0.39 is 5.91 Å². The lowest BCUT2D eigenvalue weighted by molar-refractivity contribution is 0.102. The smallest absolute Gasteiger partial charge is 0.322 e. The largest absolute Gasteiger partial charge is 0.403 e. The molecule has 0 bridgehead atoms. The number of nitrogens with one attached hydrogen (secondary N) is 2. The number of hydrogen-bond donors (Lipinski definition) is 2. The van der Waals surface area contributed by atoms with Crippen LogP contribution in [-0.4, -0.2) is 36.1 Å². The summed E-state index contributed by atoms with van der Waals surface area (Å²) in [4.78, 5) is 27.5. The van der Waals surface area contributed by atoms with E-state index >= 15 is 0 Å². The zero-order chi connectivity index (χ0) is 22.5. The average molecular weight is 427 g/mol. The van der Waals surface area contributed by atoms with Gasteiger partial charge in [-0.25, -0.2) is 0 Å². The van der Waals surface area contributed by atoms with Gasteiger partial charge in [-0.1, -0.05) is 35.4 Å². The predicted molar refractivity (Wildman–Crippen MR) is 123 cm³/mol. The van der Waals surface area contributed by atoms with Crippen LogP contribution in [0.5, 0.6) is 0 Å². The highest BCUT2D eigenvalue weighted by Gasteiger charge is 2.17. The van der Waals surface area contributed by atoms with E-state index in [0.29, 0.717) is 17.1 Å². The molecule has 4 rings (SSSR count). The molecule has 1 heterocycles. The minimum absolute atomic E-state index is 0.0331. The minimum atomic E-state index is -0.480. The number of anilines is 3. The van der Waals surface area contributed by atoms with Crippen molar-refractivity contribution < 1.29 is 14.0 Å². The maximum Gasteiger partial charge on any atom is 0.322 e. The maximum absolute atomic E-state index is 12.8. The van der Waals surface area contributed by atoms with Crippen LogP contribution >= 0.6 is 0 Å². The van der Waals surface area contributed by atoms with Gasteiger partial charge >= 0.3 is 6.01 Å². The molecule has 2 N–H and O–H groups in total. The third-order valence-electron chi connectivity index (χ3n) is 4.73. The van der Waals surface area contributed by atoms with Gasteiger partial charge in [-0.2, -0.15) is 0 Å². The SMILES string of the molecule is CN(C)c1ccc(C(=O)Nc2ccccc2C(=O)Nc2nnc(-c3ccccc3)o2)cc1. The molecule has 32 heavy (non-hydrogen) atoms. The summed E-state index contributed by atoms with van der Waals surface area (Å²) in [5, 5.41) is 13.2. The van der Waals surface area contributed by atoms with Crippen LogP contribution in [0.3, 0.4) is 0 Å².